The fourth-order valence-electron chi connectivity index (χ4n) is 2.80. The van der Waals surface area contributed by atoms with Crippen LogP contribution in [0.3, 0.4) is 0 Å². The van der Waals surface area contributed by atoms with Crippen molar-refractivity contribution in [1.29, 1.82) is 0 Å². The Labute approximate surface area is 185 Å². The van der Waals surface area contributed by atoms with E-state index >= 15 is 0 Å². The number of amides is 2. The first-order chi connectivity index (χ1) is 15.0. The van der Waals surface area contributed by atoms with Crippen molar-refractivity contribution in [2.45, 2.75) is 10.8 Å². The van der Waals surface area contributed by atoms with Gasteiger partial charge in [-0.2, -0.15) is 0 Å². The van der Waals surface area contributed by atoms with Crippen molar-refractivity contribution >= 4 is 46.4 Å². The predicted octanol–water partition coefficient (Wildman–Crippen LogP) is 3.13. The predicted molar refractivity (Wildman–Crippen MR) is 117 cm³/mol. The number of rotatable bonds is 8. The minimum Gasteiger partial charge on any atom is -0.454 e. The number of nitrogens with two attached hydrogens (primary N) is 1. The summed E-state index contributed by atoms with van der Waals surface area (Å²) in [6.07, 6.45) is 0.102. The number of nitrogens with zero attached hydrogens (tertiary/aromatic N) is 1. The third kappa shape index (κ3) is 5.22. The van der Waals surface area contributed by atoms with Crippen molar-refractivity contribution in [3.63, 3.8) is 0 Å². The lowest BCUT2D eigenvalue weighted by atomic mass is 10.1. The van der Waals surface area contributed by atoms with E-state index in [9.17, 15) is 14.4 Å². The Bertz CT molecular complexity index is 1140. The van der Waals surface area contributed by atoms with Gasteiger partial charge in [0.1, 0.15) is 0 Å². The lowest BCUT2D eigenvalue weighted by molar-refractivity contribution is -0.115. The molecule has 2 heterocycles. The van der Waals surface area contributed by atoms with E-state index in [0.717, 1.165) is 0 Å². The number of thiazole rings is 1. The molecule has 0 unspecified atom stereocenters. The zero-order valence-electron chi connectivity index (χ0n) is 16.1. The summed E-state index contributed by atoms with van der Waals surface area (Å²) >= 11 is 2.71. The first-order valence-electron chi connectivity index (χ1n) is 9.18. The quantitative estimate of drug-likeness (QED) is 0.395. The molecule has 0 spiro atoms. The van der Waals surface area contributed by atoms with Crippen LogP contribution in [0.5, 0.6) is 11.5 Å². The topological polar surface area (TPSA) is 121 Å². The van der Waals surface area contributed by atoms with E-state index < -0.39 is 5.91 Å². The summed E-state index contributed by atoms with van der Waals surface area (Å²) in [7, 11) is 0. The number of benzene rings is 2. The Morgan fingerprint density at radius 3 is 2.58 bits per heavy atom. The standard InChI is InChI=1S/C21H17N3O5S2/c22-20(27)12-1-4-14(5-2-12)23-19(26)8-15-9-30-21(24-15)31-10-16(25)13-3-6-17-18(7-13)29-11-28-17/h1-7,9H,8,10-11H2,(H2,22,27)(H,23,26). The van der Waals surface area contributed by atoms with Crippen LogP contribution in [-0.4, -0.2) is 35.1 Å². The van der Waals surface area contributed by atoms with Gasteiger partial charge in [-0.3, -0.25) is 14.4 Å². The monoisotopic (exact) mass is 455 g/mol. The van der Waals surface area contributed by atoms with Crippen molar-refractivity contribution in [1.82, 2.24) is 4.98 Å². The lowest BCUT2D eigenvalue weighted by Crippen LogP contribution is -2.15. The van der Waals surface area contributed by atoms with Crippen LogP contribution in [0, 0.1) is 0 Å². The molecule has 10 heteroatoms. The van der Waals surface area contributed by atoms with Crippen LogP contribution in [-0.2, 0) is 11.2 Å². The second-order valence-electron chi connectivity index (χ2n) is 6.55. The van der Waals surface area contributed by atoms with E-state index in [-0.39, 0.29) is 30.7 Å². The Morgan fingerprint density at radius 2 is 1.81 bits per heavy atom. The largest absolute Gasteiger partial charge is 0.454 e. The van der Waals surface area contributed by atoms with Gasteiger partial charge >= 0.3 is 0 Å². The summed E-state index contributed by atoms with van der Waals surface area (Å²) in [5.74, 6) is 0.633. The molecule has 31 heavy (non-hydrogen) atoms. The number of carbonyl (C=O) groups is 3. The van der Waals surface area contributed by atoms with Gasteiger partial charge < -0.3 is 20.5 Å². The average molecular weight is 456 g/mol. The minimum atomic E-state index is -0.526. The van der Waals surface area contributed by atoms with Crippen molar-refractivity contribution < 1.29 is 23.9 Å². The Hall–Kier alpha value is -3.37. The molecule has 2 aromatic carbocycles. The van der Waals surface area contributed by atoms with Gasteiger partial charge in [-0.25, -0.2) is 4.98 Å². The van der Waals surface area contributed by atoms with Gasteiger partial charge in [-0.15, -0.1) is 11.3 Å². The number of Topliss-reactive ketones (excluding diaryl/α,β-unsaturated/α-hetero) is 1. The zero-order valence-corrected chi connectivity index (χ0v) is 17.8. The number of thioether (sulfide) groups is 1. The number of hydrogen-bond acceptors (Lipinski definition) is 8. The number of ether oxygens (including phenoxy) is 2. The number of ketones is 1. The van der Waals surface area contributed by atoms with E-state index in [1.54, 1.807) is 47.8 Å². The fraction of sp³-hybridized carbons (Fsp3) is 0.143. The third-order valence-corrected chi connectivity index (χ3v) is 6.42. The molecule has 1 aromatic heterocycles. The highest BCUT2D eigenvalue weighted by Crippen LogP contribution is 2.33. The molecule has 158 valence electrons. The molecule has 0 fully saturated rings. The van der Waals surface area contributed by atoms with Crippen LogP contribution in [0.1, 0.15) is 26.4 Å². The number of anilines is 1. The fourth-order valence-corrected chi connectivity index (χ4v) is 4.54. The van der Waals surface area contributed by atoms with Crippen LogP contribution >= 0.6 is 23.1 Å². The SMILES string of the molecule is NC(=O)c1ccc(NC(=O)Cc2csc(SCC(=O)c3ccc4c(c3)OCO4)n2)cc1. The zero-order chi connectivity index (χ0) is 21.8. The lowest BCUT2D eigenvalue weighted by Gasteiger charge is -2.04. The maximum atomic E-state index is 12.4. The van der Waals surface area contributed by atoms with Crippen molar-refractivity contribution in [2.24, 2.45) is 5.73 Å². The first-order valence-corrected chi connectivity index (χ1v) is 11.0. The van der Waals surface area contributed by atoms with E-state index in [1.165, 1.54) is 23.1 Å². The van der Waals surface area contributed by atoms with Crippen LogP contribution in [0.4, 0.5) is 5.69 Å². The maximum absolute atomic E-state index is 12.4. The number of fused-ring (bicyclic) bond motifs is 1. The van der Waals surface area contributed by atoms with Gasteiger partial charge in [-0.05, 0) is 42.5 Å². The molecule has 3 N–H and O–H groups in total. The number of carbonyl (C=O) groups excluding carboxylic acids is 3. The van der Waals surface area contributed by atoms with Crippen molar-refractivity contribution in [3.8, 4) is 11.5 Å². The van der Waals surface area contributed by atoms with Crippen molar-refractivity contribution in [2.75, 3.05) is 17.9 Å². The molecule has 0 saturated heterocycles. The van der Waals surface area contributed by atoms with Crippen LogP contribution < -0.4 is 20.5 Å². The van der Waals surface area contributed by atoms with Gasteiger partial charge in [0.05, 0.1) is 17.9 Å². The highest BCUT2D eigenvalue weighted by Gasteiger charge is 2.17. The smallest absolute Gasteiger partial charge is 0.248 e. The molecule has 1 aliphatic heterocycles. The summed E-state index contributed by atoms with van der Waals surface area (Å²) in [5.41, 5.74) is 7.31. The molecule has 0 saturated carbocycles. The summed E-state index contributed by atoms with van der Waals surface area (Å²) in [5, 5.41) is 4.54. The van der Waals surface area contributed by atoms with Gasteiger partial charge in [0.2, 0.25) is 18.6 Å². The van der Waals surface area contributed by atoms with E-state index in [1.807, 2.05) is 0 Å². The van der Waals surface area contributed by atoms with Crippen LogP contribution in [0.15, 0.2) is 52.2 Å². The highest BCUT2D eigenvalue weighted by molar-refractivity contribution is 8.01. The molecular weight excluding hydrogens is 438 g/mol. The van der Waals surface area contributed by atoms with Gasteiger partial charge in [-0.1, -0.05) is 11.8 Å². The molecular formula is C21H17N3O5S2. The number of primary amides is 1. The molecule has 4 rings (SSSR count). The summed E-state index contributed by atoms with van der Waals surface area (Å²) < 4.78 is 11.3. The molecule has 3 aromatic rings. The third-order valence-electron chi connectivity index (χ3n) is 4.35. The summed E-state index contributed by atoms with van der Waals surface area (Å²) in [6.45, 7) is 0.163. The molecule has 8 nitrogen and oxygen atoms in total. The summed E-state index contributed by atoms with van der Waals surface area (Å²) in [4.78, 5) is 40.2. The number of hydrogen-bond donors (Lipinski definition) is 2. The summed E-state index contributed by atoms with van der Waals surface area (Å²) in [6, 6.07) is 11.4. The molecule has 0 aliphatic carbocycles. The van der Waals surface area contributed by atoms with Gasteiger partial charge in [0.25, 0.3) is 0 Å². The van der Waals surface area contributed by atoms with Gasteiger partial charge in [0, 0.05) is 22.2 Å². The second-order valence-corrected chi connectivity index (χ2v) is 8.63. The Balaban J connectivity index is 1.28. The normalized spacial score (nSPS) is 11.9. The van der Waals surface area contributed by atoms with Crippen molar-refractivity contribution in [3.05, 3.63) is 64.7 Å². The maximum Gasteiger partial charge on any atom is 0.248 e. The Morgan fingerprint density at radius 1 is 1.06 bits per heavy atom. The first kappa shape index (κ1) is 20.9. The van der Waals surface area contributed by atoms with E-state index in [2.05, 4.69) is 10.3 Å². The molecule has 2 amide bonds. The molecule has 0 atom stereocenters. The molecule has 0 radical (unpaired) electrons. The van der Waals surface area contributed by atoms with E-state index in [0.29, 0.717) is 38.3 Å². The minimum absolute atomic E-state index is 0.0443. The number of aromatic nitrogens is 1. The van der Waals surface area contributed by atoms with Crippen LogP contribution in [0.25, 0.3) is 0 Å². The average Bonchev–Trinajstić information content (AvgIpc) is 3.41. The van der Waals surface area contributed by atoms with Gasteiger partial charge in [0.15, 0.2) is 21.6 Å². The van der Waals surface area contributed by atoms with E-state index in [4.69, 9.17) is 15.2 Å². The second kappa shape index (κ2) is 9.19. The molecule has 0 bridgehead atoms. The highest BCUT2D eigenvalue weighted by atomic mass is 32.2. The Kier molecular flexibility index (Phi) is 6.19. The molecule has 1 aliphatic rings. The number of nitrogens with one attached hydrogen (secondary N) is 1. The van der Waals surface area contributed by atoms with Crippen LogP contribution in [0.2, 0.25) is 0 Å².